The quantitative estimate of drug-likeness (QED) is 0.686. The van der Waals surface area contributed by atoms with E-state index in [4.69, 9.17) is 0 Å². The monoisotopic (exact) mass is 340 g/mol. The lowest BCUT2D eigenvalue weighted by Gasteiger charge is -2.37. The Labute approximate surface area is 149 Å². The zero-order valence-corrected chi connectivity index (χ0v) is 14.7. The molecule has 0 spiro atoms. The largest absolute Gasteiger partial charge is 0.368 e. The van der Waals surface area contributed by atoms with Gasteiger partial charge in [0.25, 0.3) is 0 Å². The van der Waals surface area contributed by atoms with Crippen LogP contribution in [0, 0.1) is 5.82 Å². The van der Waals surface area contributed by atoms with Crippen LogP contribution in [0.15, 0.2) is 59.6 Å². The molecule has 1 heterocycles. The molecule has 0 atom stereocenters. The molecule has 0 saturated carbocycles. The number of guanidine groups is 1. The molecule has 0 aliphatic carbocycles. The molecule has 5 heteroatoms. The Balaban J connectivity index is 1.49. The minimum Gasteiger partial charge on any atom is -0.368 e. The number of nitrogens with one attached hydrogen (secondary N) is 1. The van der Waals surface area contributed by atoms with E-state index in [9.17, 15) is 4.39 Å². The highest BCUT2D eigenvalue weighted by atomic mass is 19.1. The molecule has 0 bridgehead atoms. The summed E-state index contributed by atoms with van der Waals surface area (Å²) in [6.07, 6.45) is 0.648. The van der Waals surface area contributed by atoms with Crippen molar-refractivity contribution in [1.29, 1.82) is 0 Å². The van der Waals surface area contributed by atoms with E-state index >= 15 is 0 Å². The first-order valence-electron chi connectivity index (χ1n) is 8.77. The van der Waals surface area contributed by atoms with Crippen LogP contribution in [0.3, 0.4) is 0 Å². The van der Waals surface area contributed by atoms with Gasteiger partial charge in [-0.25, -0.2) is 4.39 Å². The van der Waals surface area contributed by atoms with Crippen LogP contribution >= 0.6 is 0 Å². The smallest absolute Gasteiger partial charge is 0.193 e. The summed E-state index contributed by atoms with van der Waals surface area (Å²) < 4.78 is 13.7. The zero-order chi connectivity index (χ0) is 17.5. The Morgan fingerprint density at radius 3 is 2.36 bits per heavy atom. The molecule has 0 unspecified atom stereocenters. The van der Waals surface area contributed by atoms with E-state index in [1.165, 1.54) is 11.8 Å². The standard InChI is InChI=1S/C20H25FN4/c1-22-20(23-12-11-17-7-5-6-10-19(17)21)25-15-13-24(14-16-25)18-8-3-2-4-9-18/h2-10H,11-16H2,1H3,(H,22,23). The Kier molecular flexibility index (Phi) is 5.88. The highest BCUT2D eigenvalue weighted by Gasteiger charge is 2.19. The van der Waals surface area contributed by atoms with Crippen molar-refractivity contribution in [3.8, 4) is 0 Å². The fraction of sp³-hybridized carbons (Fsp3) is 0.350. The topological polar surface area (TPSA) is 30.9 Å². The number of para-hydroxylation sites is 1. The van der Waals surface area contributed by atoms with Crippen LogP contribution in [0.1, 0.15) is 5.56 Å². The van der Waals surface area contributed by atoms with Crippen molar-refractivity contribution in [3.05, 3.63) is 66.0 Å². The molecule has 1 saturated heterocycles. The second kappa shape index (κ2) is 8.51. The fourth-order valence-electron chi connectivity index (χ4n) is 3.16. The molecule has 1 fully saturated rings. The van der Waals surface area contributed by atoms with Gasteiger partial charge >= 0.3 is 0 Å². The van der Waals surface area contributed by atoms with Gasteiger partial charge in [-0.05, 0) is 30.2 Å². The summed E-state index contributed by atoms with van der Waals surface area (Å²) in [5.41, 5.74) is 2.00. The van der Waals surface area contributed by atoms with Crippen LogP contribution < -0.4 is 10.2 Å². The minimum atomic E-state index is -0.143. The van der Waals surface area contributed by atoms with Gasteiger partial charge in [0, 0.05) is 45.5 Å². The molecule has 3 rings (SSSR count). The number of hydrogen-bond donors (Lipinski definition) is 1. The first-order valence-corrected chi connectivity index (χ1v) is 8.77. The van der Waals surface area contributed by atoms with Gasteiger partial charge in [-0.15, -0.1) is 0 Å². The summed E-state index contributed by atoms with van der Waals surface area (Å²) in [5.74, 6) is 0.750. The summed E-state index contributed by atoms with van der Waals surface area (Å²) in [5, 5.41) is 3.36. The summed E-state index contributed by atoms with van der Waals surface area (Å²) in [6.45, 7) is 4.46. The van der Waals surface area contributed by atoms with E-state index in [1.54, 1.807) is 13.1 Å². The van der Waals surface area contributed by atoms with Gasteiger partial charge in [0.05, 0.1) is 0 Å². The van der Waals surface area contributed by atoms with Crippen molar-refractivity contribution in [3.63, 3.8) is 0 Å². The normalized spacial score (nSPS) is 15.4. The SMILES string of the molecule is CN=C(NCCc1ccccc1F)N1CCN(c2ccccc2)CC1. The number of aliphatic imine (C=N–C) groups is 1. The summed E-state index contributed by atoms with van der Waals surface area (Å²) in [4.78, 5) is 9.04. The third-order valence-corrected chi connectivity index (χ3v) is 4.55. The van der Waals surface area contributed by atoms with Crippen LogP contribution in [0.25, 0.3) is 0 Å². The van der Waals surface area contributed by atoms with E-state index < -0.39 is 0 Å². The molecule has 1 aliphatic heterocycles. The average molecular weight is 340 g/mol. The molecule has 2 aromatic rings. The average Bonchev–Trinajstić information content (AvgIpc) is 2.67. The van der Waals surface area contributed by atoms with Crippen molar-refractivity contribution in [1.82, 2.24) is 10.2 Å². The van der Waals surface area contributed by atoms with Crippen LogP contribution in [-0.2, 0) is 6.42 Å². The predicted octanol–water partition coefficient (Wildman–Crippen LogP) is 2.77. The Morgan fingerprint density at radius 1 is 1.00 bits per heavy atom. The van der Waals surface area contributed by atoms with Crippen molar-refractivity contribution >= 4 is 11.6 Å². The van der Waals surface area contributed by atoms with Gasteiger partial charge < -0.3 is 15.1 Å². The van der Waals surface area contributed by atoms with Crippen LogP contribution in [0.2, 0.25) is 0 Å². The molecule has 132 valence electrons. The number of piperazine rings is 1. The molecule has 1 aliphatic rings. The fourth-order valence-corrected chi connectivity index (χ4v) is 3.16. The van der Waals surface area contributed by atoms with E-state index in [1.807, 2.05) is 18.2 Å². The van der Waals surface area contributed by atoms with E-state index in [2.05, 4.69) is 44.4 Å². The van der Waals surface area contributed by atoms with E-state index in [0.29, 0.717) is 13.0 Å². The molecular formula is C20H25FN4. The minimum absolute atomic E-state index is 0.143. The first-order chi connectivity index (χ1) is 12.3. The maximum atomic E-state index is 13.7. The van der Waals surface area contributed by atoms with Crippen molar-refractivity contribution < 1.29 is 4.39 Å². The second-order valence-electron chi connectivity index (χ2n) is 6.13. The maximum absolute atomic E-state index is 13.7. The Bertz CT molecular complexity index is 694. The highest BCUT2D eigenvalue weighted by Crippen LogP contribution is 2.15. The second-order valence-corrected chi connectivity index (χ2v) is 6.13. The molecule has 1 N–H and O–H groups in total. The van der Waals surface area contributed by atoms with Crippen molar-refractivity contribution in [2.24, 2.45) is 4.99 Å². The third kappa shape index (κ3) is 4.50. The third-order valence-electron chi connectivity index (χ3n) is 4.55. The molecule has 4 nitrogen and oxygen atoms in total. The Hall–Kier alpha value is -2.56. The molecule has 0 aromatic heterocycles. The van der Waals surface area contributed by atoms with E-state index in [0.717, 1.165) is 37.7 Å². The maximum Gasteiger partial charge on any atom is 0.193 e. The number of rotatable bonds is 4. The van der Waals surface area contributed by atoms with Gasteiger partial charge in [0.15, 0.2) is 5.96 Å². The van der Waals surface area contributed by atoms with Gasteiger partial charge in [-0.2, -0.15) is 0 Å². The number of halogens is 1. The molecule has 25 heavy (non-hydrogen) atoms. The summed E-state index contributed by atoms with van der Waals surface area (Å²) in [6, 6.07) is 17.4. The number of hydrogen-bond acceptors (Lipinski definition) is 2. The van der Waals surface area contributed by atoms with E-state index in [-0.39, 0.29) is 5.82 Å². The lowest BCUT2D eigenvalue weighted by molar-refractivity contribution is 0.373. The predicted molar refractivity (Wildman–Crippen MR) is 102 cm³/mol. The highest BCUT2D eigenvalue weighted by molar-refractivity contribution is 5.80. The molecular weight excluding hydrogens is 315 g/mol. The number of anilines is 1. The van der Waals surface area contributed by atoms with Crippen LogP contribution in [0.4, 0.5) is 10.1 Å². The zero-order valence-electron chi connectivity index (χ0n) is 14.7. The number of nitrogens with zero attached hydrogens (tertiary/aromatic N) is 3. The first kappa shape index (κ1) is 17.3. The van der Waals surface area contributed by atoms with Gasteiger partial charge in [0.1, 0.15) is 5.82 Å². The molecule has 0 radical (unpaired) electrons. The van der Waals surface area contributed by atoms with Crippen molar-refractivity contribution in [2.45, 2.75) is 6.42 Å². The van der Waals surface area contributed by atoms with Gasteiger partial charge in [-0.1, -0.05) is 36.4 Å². The van der Waals surface area contributed by atoms with Crippen LogP contribution in [-0.4, -0.2) is 50.6 Å². The summed E-state index contributed by atoms with van der Waals surface area (Å²) >= 11 is 0. The Morgan fingerprint density at radius 2 is 1.68 bits per heavy atom. The van der Waals surface area contributed by atoms with Gasteiger partial charge in [-0.3, -0.25) is 4.99 Å². The molecule has 0 amide bonds. The van der Waals surface area contributed by atoms with Gasteiger partial charge in [0.2, 0.25) is 0 Å². The van der Waals surface area contributed by atoms with Crippen molar-refractivity contribution in [2.75, 3.05) is 44.7 Å². The molecule has 2 aromatic carbocycles. The van der Waals surface area contributed by atoms with Crippen LogP contribution in [0.5, 0.6) is 0 Å². The lowest BCUT2D eigenvalue weighted by atomic mass is 10.1. The number of benzene rings is 2. The lowest BCUT2D eigenvalue weighted by Crippen LogP contribution is -2.52. The summed E-state index contributed by atoms with van der Waals surface area (Å²) in [7, 11) is 1.80.